The van der Waals surface area contributed by atoms with Crippen LogP contribution in [0.3, 0.4) is 0 Å². The molecule has 0 saturated heterocycles. The Kier molecular flexibility index (Phi) is 2.79. The van der Waals surface area contributed by atoms with Gasteiger partial charge in [-0.3, -0.25) is 4.99 Å². The van der Waals surface area contributed by atoms with Gasteiger partial charge in [0.15, 0.2) is 0 Å². The summed E-state index contributed by atoms with van der Waals surface area (Å²) in [6.07, 6.45) is 5.11. The summed E-state index contributed by atoms with van der Waals surface area (Å²) in [6, 6.07) is 2.26. The smallest absolute Gasteiger partial charge is 0.0520 e. The first-order valence-electron chi connectivity index (χ1n) is 4.95. The molecule has 0 aromatic carbocycles. The molecule has 0 fully saturated rings. The molecule has 0 unspecified atom stereocenters. The summed E-state index contributed by atoms with van der Waals surface area (Å²) in [4.78, 5) is 6.02. The fraction of sp³-hybridized carbons (Fsp3) is 0.545. The molecule has 0 bridgehead atoms. The van der Waals surface area contributed by atoms with Gasteiger partial charge >= 0.3 is 0 Å². The molecular weight excluding hydrogens is 178 g/mol. The van der Waals surface area contributed by atoms with Gasteiger partial charge in [-0.15, -0.1) is 11.3 Å². The SMILES string of the molecule is Cc1csc(C2=NCCCCC2)c1. The van der Waals surface area contributed by atoms with E-state index in [1.165, 1.54) is 41.8 Å². The lowest BCUT2D eigenvalue weighted by Gasteiger charge is -1.98. The van der Waals surface area contributed by atoms with Crippen molar-refractivity contribution in [3.05, 3.63) is 21.9 Å². The van der Waals surface area contributed by atoms with Crippen LogP contribution in [0.1, 0.15) is 36.1 Å². The van der Waals surface area contributed by atoms with Crippen molar-refractivity contribution in [3.8, 4) is 0 Å². The Balaban J connectivity index is 2.19. The highest BCUT2D eigenvalue weighted by Crippen LogP contribution is 2.19. The van der Waals surface area contributed by atoms with Crippen LogP contribution in [-0.2, 0) is 0 Å². The lowest BCUT2D eigenvalue weighted by molar-refractivity contribution is 0.731. The Bertz CT molecular complexity index is 312. The van der Waals surface area contributed by atoms with E-state index in [1.54, 1.807) is 0 Å². The van der Waals surface area contributed by atoms with Crippen molar-refractivity contribution in [2.75, 3.05) is 6.54 Å². The number of hydrogen-bond acceptors (Lipinski definition) is 2. The summed E-state index contributed by atoms with van der Waals surface area (Å²) in [7, 11) is 0. The Morgan fingerprint density at radius 3 is 3.00 bits per heavy atom. The summed E-state index contributed by atoms with van der Waals surface area (Å²) in [5.41, 5.74) is 2.71. The number of aryl methyl sites for hydroxylation is 1. The summed E-state index contributed by atoms with van der Waals surface area (Å²) < 4.78 is 0. The van der Waals surface area contributed by atoms with Crippen molar-refractivity contribution >= 4 is 17.0 Å². The fourth-order valence-electron chi connectivity index (χ4n) is 1.66. The molecule has 70 valence electrons. The van der Waals surface area contributed by atoms with Crippen LogP contribution in [0.2, 0.25) is 0 Å². The van der Waals surface area contributed by atoms with Gasteiger partial charge in [0.2, 0.25) is 0 Å². The molecule has 13 heavy (non-hydrogen) atoms. The van der Waals surface area contributed by atoms with Crippen LogP contribution in [0.15, 0.2) is 16.4 Å². The van der Waals surface area contributed by atoms with Crippen molar-refractivity contribution < 1.29 is 0 Å². The second-order valence-electron chi connectivity index (χ2n) is 3.63. The van der Waals surface area contributed by atoms with Crippen molar-refractivity contribution in [1.29, 1.82) is 0 Å². The second-order valence-corrected chi connectivity index (χ2v) is 4.54. The summed E-state index contributed by atoms with van der Waals surface area (Å²) in [5, 5.41) is 2.21. The van der Waals surface area contributed by atoms with E-state index < -0.39 is 0 Å². The molecular formula is C11H15NS. The molecule has 0 saturated carbocycles. The zero-order valence-electron chi connectivity index (χ0n) is 8.05. The molecule has 0 aliphatic carbocycles. The van der Waals surface area contributed by atoms with Crippen molar-refractivity contribution in [2.45, 2.75) is 32.6 Å². The third kappa shape index (κ3) is 2.19. The molecule has 1 aromatic rings. The van der Waals surface area contributed by atoms with Crippen LogP contribution in [0.4, 0.5) is 0 Å². The average Bonchev–Trinajstić information content (AvgIpc) is 2.43. The first kappa shape index (κ1) is 8.95. The van der Waals surface area contributed by atoms with Gasteiger partial charge in [-0.2, -0.15) is 0 Å². The highest BCUT2D eigenvalue weighted by atomic mass is 32.1. The minimum atomic E-state index is 1.03. The molecule has 1 aliphatic heterocycles. The maximum Gasteiger partial charge on any atom is 0.0520 e. The van der Waals surface area contributed by atoms with Crippen LogP contribution in [-0.4, -0.2) is 12.3 Å². The van der Waals surface area contributed by atoms with Gasteiger partial charge in [-0.25, -0.2) is 0 Å². The predicted octanol–water partition coefficient (Wildman–Crippen LogP) is 3.42. The fourth-order valence-corrected chi connectivity index (χ4v) is 2.60. The topological polar surface area (TPSA) is 12.4 Å². The van der Waals surface area contributed by atoms with E-state index in [2.05, 4.69) is 23.4 Å². The molecule has 2 heterocycles. The largest absolute Gasteiger partial charge is 0.288 e. The molecule has 1 aromatic heterocycles. The lowest BCUT2D eigenvalue weighted by atomic mass is 10.1. The Morgan fingerprint density at radius 1 is 1.31 bits per heavy atom. The summed E-state index contributed by atoms with van der Waals surface area (Å²) in [6.45, 7) is 3.18. The number of aliphatic imine (C=N–C) groups is 1. The third-order valence-electron chi connectivity index (χ3n) is 2.39. The maximum atomic E-state index is 4.63. The van der Waals surface area contributed by atoms with E-state index >= 15 is 0 Å². The van der Waals surface area contributed by atoms with Gasteiger partial charge in [0.25, 0.3) is 0 Å². The lowest BCUT2D eigenvalue weighted by Crippen LogP contribution is -1.96. The molecule has 0 N–H and O–H groups in total. The van der Waals surface area contributed by atoms with E-state index in [0.717, 1.165) is 6.54 Å². The quantitative estimate of drug-likeness (QED) is 0.648. The third-order valence-corrected chi connectivity index (χ3v) is 3.49. The van der Waals surface area contributed by atoms with Gasteiger partial charge in [-0.05, 0) is 43.2 Å². The molecule has 0 amide bonds. The van der Waals surface area contributed by atoms with E-state index in [0.29, 0.717) is 0 Å². The van der Waals surface area contributed by atoms with Gasteiger partial charge in [0, 0.05) is 11.4 Å². The zero-order chi connectivity index (χ0) is 9.10. The number of hydrogen-bond donors (Lipinski definition) is 0. The standard InChI is InChI=1S/C11H15NS/c1-9-7-11(13-8-9)10-5-3-2-4-6-12-10/h7-8H,2-6H2,1H3. The Hall–Kier alpha value is -0.630. The van der Waals surface area contributed by atoms with E-state index in [9.17, 15) is 0 Å². The minimum absolute atomic E-state index is 1.03. The predicted molar refractivity (Wildman–Crippen MR) is 58.9 cm³/mol. The second kappa shape index (κ2) is 4.05. The highest BCUT2D eigenvalue weighted by molar-refractivity contribution is 7.12. The number of rotatable bonds is 1. The number of nitrogens with zero attached hydrogens (tertiary/aromatic N) is 1. The molecule has 2 heteroatoms. The molecule has 1 aliphatic rings. The first-order valence-corrected chi connectivity index (χ1v) is 5.83. The van der Waals surface area contributed by atoms with Gasteiger partial charge in [0.1, 0.15) is 0 Å². The highest BCUT2D eigenvalue weighted by Gasteiger charge is 2.08. The van der Waals surface area contributed by atoms with Gasteiger partial charge in [-0.1, -0.05) is 6.42 Å². The molecule has 2 rings (SSSR count). The van der Waals surface area contributed by atoms with Crippen LogP contribution >= 0.6 is 11.3 Å². The zero-order valence-corrected chi connectivity index (χ0v) is 8.86. The van der Waals surface area contributed by atoms with E-state index in [-0.39, 0.29) is 0 Å². The Labute approximate surface area is 83.5 Å². The molecule has 0 atom stereocenters. The number of thiophene rings is 1. The normalized spacial score (nSPS) is 18.1. The van der Waals surface area contributed by atoms with E-state index in [4.69, 9.17) is 0 Å². The molecule has 1 nitrogen and oxygen atoms in total. The maximum absolute atomic E-state index is 4.63. The Morgan fingerprint density at radius 2 is 2.23 bits per heavy atom. The van der Waals surface area contributed by atoms with Gasteiger partial charge < -0.3 is 0 Å². The van der Waals surface area contributed by atoms with Crippen molar-refractivity contribution in [1.82, 2.24) is 0 Å². The summed E-state index contributed by atoms with van der Waals surface area (Å²) >= 11 is 1.83. The molecule has 0 spiro atoms. The van der Waals surface area contributed by atoms with E-state index in [1.807, 2.05) is 11.3 Å². The first-order chi connectivity index (χ1) is 6.36. The van der Waals surface area contributed by atoms with Gasteiger partial charge in [0.05, 0.1) is 5.71 Å². The monoisotopic (exact) mass is 193 g/mol. The van der Waals surface area contributed by atoms with Crippen LogP contribution in [0, 0.1) is 6.92 Å². The van der Waals surface area contributed by atoms with Crippen LogP contribution in [0.25, 0.3) is 0 Å². The minimum Gasteiger partial charge on any atom is -0.288 e. The summed E-state index contributed by atoms with van der Waals surface area (Å²) in [5.74, 6) is 0. The van der Waals surface area contributed by atoms with Crippen molar-refractivity contribution in [3.63, 3.8) is 0 Å². The van der Waals surface area contributed by atoms with Crippen LogP contribution < -0.4 is 0 Å². The van der Waals surface area contributed by atoms with Crippen LogP contribution in [0.5, 0.6) is 0 Å². The average molecular weight is 193 g/mol. The molecule has 0 radical (unpaired) electrons. The van der Waals surface area contributed by atoms with Crippen molar-refractivity contribution in [2.24, 2.45) is 4.99 Å².